The van der Waals surface area contributed by atoms with E-state index < -0.39 is 0 Å². The van der Waals surface area contributed by atoms with Crippen molar-refractivity contribution in [3.8, 4) is 0 Å². The summed E-state index contributed by atoms with van der Waals surface area (Å²) in [6, 6.07) is 0. The van der Waals surface area contributed by atoms with Gasteiger partial charge in [-0.1, -0.05) is 33.1 Å². The molecule has 0 saturated carbocycles. The predicted molar refractivity (Wildman–Crippen MR) is 65.1 cm³/mol. The van der Waals surface area contributed by atoms with Crippen molar-refractivity contribution in [2.45, 2.75) is 64.4 Å². The molecule has 0 atom stereocenters. The number of aliphatic hydroxyl groups is 1. The van der Waals surface area contributed by atoms with Gasteiger partial charge in [0.15, 0.2) is 0 Å². The van der Waals surface area contributed by atoms with Gasteiger partial charge in [-0.05, 0) is 32.2 Å². The second-order valence-corrected chi connectivity index (χ2v) is 5.02. The molecule has 90 valence electrons. The molecular formula is C13H27NO. The minimum absolute atomic E-state index is 0.334. The zero-order valence-electron chi connectivity index (χ0n) is 10.5. The summed E-state index contributed by atoms with van der Waals surface area (Å²) in [4.78, 5) is 2.48. The van der Waals surface area contributed by atoms with Crippen molar-refractivity contribution < 1.29 is 5.11 Å². The van der Waals surface area contributed by atoms with E-state index in [1.807, 2.05) is 0 Å². The topological polar surface area (TPSA) is 23.5 Å². The molecule has 0 aromatic rings. The molecule has 1 fully saturated rings. The summed E-state index contributed by atoms with van der Waals surface area (Å²) in [5, 5.41) is 10.4. The van der Waals surface area contributed by atoms with Gasteiger partial charge in [0, 0.05) is 13.1 Å². The van der Waals surface area contributed by atoms with Crippen molar-refractivity contribution in [2.24, 2.45) is 0 Å². The second kappa shape index (κ2) is 6.49. The molecule has 0 amide bonds. The van der Waals surface area contributed by atoms with Crippen molar-refractivity contribution >= 4 is 0 Å². The summed E-state index contributed by atoms with van der Waals surface area (Å²) in [5.41, 5.74) is -0.334. The zero-order chi connectivity index (χ0) is 11.1. The Morgan fingerprint density at radius 1 is 1.07 bits per heavy atom. The maximum Gasteiger partial charge on any atom is 0.0672 e. The normalized spacial score (nSPS) is 21.8. The molecule has 2 heteroatoms. The quantitative estimate of drug-likeness (QED) is 0.686. The van der Waals surface area contributed by atoms with Crippen LogP contribution in [0.15, 0.2) is 0 Å². The Kier molecular flexibility index (Phi) is 5.62. The lowest BCUT2D eigenvalue weighted by Gasteiger charge is -2.38. The van der Waals surface area contributed by atoms with Gasteiger partial charge in [-0.2, -0.15) is 0 Å². The Labute approximate surface area is 94.7 Å². The lowest BCUT2D eigenvalue weighted by molar-refractivity contribution is -0.0291. The fraction of sp³-hybridized carbons (Fsp3) is 1.00. The van der Waals surface area contributed by atoms with Gasteiger partial charge in [-0.15, -0.1) is 0 Å². The highest BCUT2D eigenvalue weighted by Crippen LogP contribution is 2.27. The van der Waals surface area contributed by atoms with Crippen LogP contribution in [0, 0.1) is 0 Å². The Balaban J connectivity index is 2.21. The minimum Gasteiger partial charge on any atom is -0.390 e. The number of unbranched alkanes of at least 4 members (excludes halogenated alkanes) is 2. The lowest BCUT2D eigenvalue weighted by Crippen LogP contribution is -2.44. The maximum absolute atomic E-state index is 10.4. The van der Waals surface area contributed by atoms with Crippen molar-refractivity contribution in [1.29, 1.82) is 0 Å². The lowest BCUT2D eigenvalue weighted by atomic mass is 9.86. The van der Waals surface area contributed by atoms with Gasteiger partial charge in [0.05, 0.1) is 5.60 Å². The molecule has 1 N–H and O–H groups in total. The maximum atomic E-state index is 10.4. The van der Waals surface area contributed by atoms with E-state index >= 15 is 0 Å². The molecule has 0 aromatic heterocycles. The largest absolute Gasteiger partial charge is 0.390 e. The SMILES string of the molecule is CCCCCC1(O)CCN(CCC)CC1. The summed E-state index contributed by atoms with van der Waals surface area (Å²) in [7, 11) is 0. The second-order valence-electron chi connectivity index (χ2n) is 5.02. The molecule has 2 nitrogen and oxygen atoms in total. The molecule has 0 bridgehead atoms. The van der Waals surface area contributed by atoms with Gasteiger partial charge >= 0.3 is 0 Å². The number of hydrogen-bond acceptors (Lipinski definition) is 2. The number of rotatable bonds is 6. The Hall–Kier alpha value is -0.0800. The first-order valence-electron chi connectivity index (χ1n) is 6.65. The fourth-order valence-electron chi connectivity index (χ4n) is 2.46. The average molecular weight is 213 g/mol. The van der Waals surface area contributed by atoms with Crippen LogP contribution >= 0.6 is 0 Å². The molecule has 1 aliphatic heterocycles. The molecule has 1 saturated heterocycles. The van der Waals surface area contributed by atoms with E-state index in [9.17, 15) is 5.11 Å². The van der Waals surface area contributed by atoms with E-state index in [2.05, 4.69) is 18.7 Å². The molecular weight excluding hydrogens is 186 g/mol. The van der Waals surface area contributed by atoms with Crippen LogP contribution in [-0.2, 0) is 0 Å². The van der Waals surface area contributed by atoms with Gasteiger partial charge in [0.2, 0.25) is 0 Å². The van der Waals surface area contributed by atoms with Gasteiger partial charge in [0.25, 0.3) is 0 Å². The van der Waals surface area contributed by atoms with Crippen LogP contribution < -0.4 is 0 Å². The molecule has 0 aliphatic carbocycles. The molecule has 0 unspecified atom stereocenters. The monoisotopic (exact) mass is 213 g/mol. The van der Waals surface area contributed by atoms with Gasteiger partial charge in [-0.25, -0.2) is 0 Å². The summed E-state index contributed by atoms with van der Waals surface area (Å²) >= 11 is 0. The van der Waals surface area contributed by atoms with Crippen molar-refractivity contribution in [1.82, 2.24) is 4.90 Å². The van der Waals surface area contributed by atoms with Crippen molar-refractivity contribution in [3.05, 3.63) is 0 Å². The third-order valence-electron chi connectivity index (χ3n) is 3.57. The summed E-state index contributed by atoms with van der Waals surface area (Å²) in [6.45, 7) is 7.83. The van der Waals surface area contributed by atoms with Gasteiger partial charge in [-0.3, -0.25) is 0 Å². The van der Waals surface area contributed by atoms with E-state index in [4.69, 9.17) is 0 Å². The van der Waals surface area contributed by atoms with Gasteiger partial charge < -0.3 is 10.0 Å². The van der Waals surface area contributed by atoms with Crippen LogP contribution in [0.3, 0.4) is 0 Å². The number of piperidine rings is 1. The first kappa shape index (κ1) is 13.0. The molecule has 0 aromatic carbocycles. The van der Waals surface area contributed by atoms with E-state index in [-0.39, 0.29) is 5.60 Å². The van der Waals surface area contributed by atoms with Crippen molar-refractivity contribution in [3.63, 3.8) is 0 Å². The molecule has 1 aliphatic rings. The summed E-state index contributed by atoms with van der Waals surface area (Å²) in [5.74, 6) is 0. The first-order chi connectivity index (χ1) is 7.20. The molecule has 1 rings (SSSR count). The Morgan fingerprint density at radius 2 is 1.73 bits per heavy atom. The zero-order valence-corrected chi connectivity index (χ0v) is 10.5. The van der Waals surface area contributed by atoms with Crippen LogP contribution in [0.4, 0.5) is 0 Å². The van der Waals surface area contributed by atoms with Gasteiger partial charge in [0.1, 0.15) is 0 Å². The number of hydrogen-bond donors (Lipinski definition) is 1. The summed E-state index contributed by atoms with van der Waals surface area (Å²) in [6.07, 6.45) is 7.92. The highest BCUT2D eigenvalue weighted by atomic mass is 16.3. The fourth-order valence-corrected chi connectivity index (χ4v) is 2.46. The smallest absolute Gasteiger partial charge is 0.0672 e. The highest BCUT2D eigenvalue weighted by molar-refractivity contribution is 4.85. The minimum atomic E-state index is -0.334. The predicted octanol–water partition coefficient (Wildman–Crippen LogP) is 2.80. The van der Waals surface area contributed by atoms with E-state index in [0.29, 0.717) is 0 Å². The third-order valence-corrected chi connectivity index (χ3v) is 3.57. The third kappa shape index (κ3) is 4.52. The first-order valence-corrected chi connectivity index (χ1v) is 6.65. The number of nitrogens with zero attached hydrogens (tertiary/aromatic N) is 1. The van der Waals surface area contributed by atoms with Crippen molar-refractivity contribution in [2.75, 3.05) is 19.6 Å². The Bertz CT molecular complexity index is 162. The standard InChI is InChI=1S/C13H27NO/c1-3-5-6-7-13(15)8-11-14(10-4-2)12-9-13/h15H,3-12H2,1-2H3. The number of likely N-dealkylation sites (tertiary alicyclic amines) is 1. The molecule has 0 radical (unpaired) electrons. The van der Waals surface area contributed by atoms with Crippen LogP contribution in [0.5, 0.6) is 0 Å². The Morgan fingerprint density at radius 3 is 2.27 bits per heavy atom. The van der Waals surface area contributed by atoms with Crippen LogP contribution in [0.2, 0.25) is 0 Å². The summed E-state index contributed by atoms with van der Waals surface area (Å²) < 4.78 is 0. The highest BCUT2D eigenvalue weighted by Gasteiger charge is 2.30. The van der Waals surface area contributed by atoms with E-state index in [1.54, 1.807) is 0 Å². The van der Waals surface area contributed by atoms with Crippen LogP contribution in [0.1, 0.15) is 58.8 Å². The van der Waals surface area contributed by atoms with Crippen LogP contribution in [-0.4, -0.2) is 35.2 Å². The van der Waals surface area contributed by atoms with Crippen LogP contribution in [0.25, 0.3) is 0 Å². The van der Waals surface area contributed by atoms with E-state index in [1.165, 1.54) is 32.2 Å². The molecule has 1 heterocycles. The molecule has 15 heavy (non-hydrogen) atoms. The average Bonchev–Trinajstić information content (AvgIpc) is 2.23. The molecule has 0 spiro atoms. The van der Waals surface area contributed by atoms with E-state index in [0.717, 1.165) is 32.4 Å².